The lowest BCUT2D eigenvalue weighted by molar-refractivity contribution is 0.166. The van der Waals surface area contributed by atoms with Crippen molar-refractivity contribution in [1.82, 2.24) is 9.71 Å². The summed E-state index contributed by atoms with van der Waals surface area (Å²) in [5, 5.41) is 9.68. The first-order valence-electron chi connectivity index (χ1n) is 2.86. The van der Waals surface area contributed by atoms with Crippen molar-refractivity contribution in [2.75, 3.05) is 19.1 Å². The number of nitrogen functional groups attached to an aromatic ring is 1. The number of anilines is 1. The number of ether oxygens (including phenoxy) is 1. The van der Waals surface area contributed by atoms with Crippen LogP contribution < -0.4 is 10.5 Å². The average molecular weight is 175 g/mol. The third-order valence-corrected chi connectivity index (χ3v) is 1.93. The van der Waals surface area contributed by atoms with Crippen LogP contribution >= 0.6 is 11.8 Å². The molecule has 0 aliphatic rings. The molecule has 0 bridgehead atoms. The molecule has 0 spiro atoms. The molecule has 5 nitrogen and oxygen atoms in total. The predicted octanol–water partition coefficient (Wildman–Crippen LogP) is 0.433. The van der Waals surface area contributed by atoms with E-state index in [0.29, 0.717) is 10.9 Å². The normalized spacial score (nSPS) is 10.0. The minimum atomic E-state index is 0.0335. The average Bonchev–Trinajstić information content (AvgIpc) is 2.28. The zero-order chi connectivity index (χ0) is 8.43. The van der Waals surface area contributed by atoms with Gasteiger partial charge < -0.3 is 15.7 Å². The highest BCUT2D eigenvalue weighted by Gasteiger charge is 2.13. The summed E-state index contributed by atoms with van der Waals surface area (Å²) in [7, 11) is 1.47. The van der Waals surface area contributed by atoms with E-state index in [0.717, 1.165) is 4.73 Å². The molecule has 1 aromatic heterocycles. The number of hydrogen-bond donors (Lipinski definition) is 2. The number of nitrogens with zero attached hydrogens (tertiary/aromatic N) is 2. The van der Waals surface area contributed by atoms with Gasteiger partial charge in [-0.15, -0.1) is 16.5 Å². The molecule has 11 heavy (non-hydrogen) atoms. The van der Waals surface area contributed by atoms with Crippen molar-refractivity contribution in [3.8, 4) is 5.88 Å². The quantitative estimate of drug-likeness (QED) is 0.503. The largest absolute Gasteiger partial charge is 0.479 e. The lowest BCUT2D eigenvalue weighted by Gasteiger charge is -1.97. The standard InChI is InChI=1S/C5H9N3O2S/c1-10-3-4(11-2)8(9)5(6)7-3/h9H,1-2H3,(H2,6,7). The topological polar surface area (TPSA) is 73.3 Å². The minimum absolute atomic E-state index is 0.0335. The van der Waals surface area contributed by atoms with E-state index in [2.05, 4.69) is 4.98 Å². The van der Waals surface area contributed by atoms with E-state index in [4.69, 9.17) is 10.5 Å². The van der Waals surface area contributed by atoms with Crippen LogP contribution in [0.15, 0.2) is 5.03 Å². The maximum absolute atomic E-state index is 9.18. The minimum Gasteiger partial charge on any atom is -0.479 e. The van der Waals surface area contributed by atoms with Crippen LogP contribution in [-0.2, 0) is 0 Å². The van der Waals surface area contributed by atoms with Gasteiger partial charge in [-0.2, -0.15) is 4.98 Å². The summed E-state index contributed by atoms with van der Waals surface area (Å²) in [5.41, 5.74) is 5.30. The number of rotatable bonds is 2. The second-order valence-corrected chi connectivity index (χ2v) is 2.60. The lowest BCUT2D eigenvalue weighted by Crippen LogP contribution is -1.98. The van der Waals surface area contributed by atoms with Gasteiger partial charge in [0.2, 0.25) is 5.95 Å². The monoisotopic (exact) mass is 175 g/mol. The van der Waals surface area contributed by atoms with Gasteiger partial charge in [0.05, 0.1) is 7.11 Å². The van der Waals surface area contributed by atoms with Gasteiger partial charge in [-0.1, -0.05) is 0 Å². The number of methoxy groups -OCH3 is 1. The molecule has 3 N–H and O–H groups in total. The second-order valence-electron chi connectivity index (χ2n) is 1.80. The summed E-state index contributed by atoms with van der Waals surface area (Å²) in [6, 6.07) is 0. The molecule has 0 amide bonds. The molecule has 1 heterocycles. The fraction of sp³-hybridized carbons (Fsp3) is 0.400. The summed E-state index contributed by atoms with van der Waals surface area (Å²) >= 11 is 1.31. The highest BCUT2D eigenvalue weighted by Crippen LogP contribution is 2.27. The number of imidazole rings is 1. The summed E-state index contributed by atoms with van der Waals surface area (Å²) in [6.07, 6.45) is 1.80. The Labute approximate surface area is 68.1 Å². The maximum atomic E-state index is 9.18. The fourth-order valence-electron chi connectivity index (χ4n) is 0.701. The van der Waals surface area contributed by atoms with Crippen molar-refractivity contribution in [3.05, 3.63) is 0 Å². The number of hydrogen-bond acceptors (Lipinski definition) is 5. The molecule has 0 fully saturated rings. The first-order chi connectivity index (χ1) is 5.20. The molecule has 0 aliphatic carbocycles. The zero-order valence-electron chi connectivity index (χ0n) is 6.24. The fourth-order valence-corrected chi connectivity index (χ4v) is 1.27. The van der Waals surface area contributed by atoms with Crippen LogP contribution in [0.1, 0.15) is 0 Å². The molecule has 0 radical (unpaired) electrons. The first-order valence-corrected chi connectivity index (χ1v) is 4.08. The SMILES string of the molecule is COc1nc(N)n(O)c1SC. The van der Waals surface area contributed by atoms with Crippen LogP contribution in [0.2, 0.25) is 0 Å². The van der Waals surface area contributed by atoms with Gasteiger partial charge in [0.1, 0.15) is 0 Å². The highest BCUT2D eigenvalue weighted by atomic mass is 32.2. The van der Waals surface area contributed by atoms with Crippen LogP contribution in [-0.4, -0.2) is 28.3 Å². The molecule has 0 saturated carbocycles. The van der Waals surface area contributed by atoms with Gasteiger partial charge in [-0.25, -0.2) is 0 Å². The highest BCUT2D eigenvalue weighted by molar-refractivity contribution is 7.98. The molecule has 62 valence electrons. The van der Waals surface area contributed by atoms with Crippen molar-refractivity contribution in [1.29, 1.82) is 0 Å². The zero-order valence-corrected chi connectivity index (χ0v) is 7.05. The summed E-state index contributed by atoms with van der Waals surface area (Å²) in [4.78, 5) is 3.75. The Balaban J connectivity index is 3.15. The molecule has 0 saturated heterocycles. The Morgan fingerprint density at radius 2 is 2.36 bits per heavy atom. The Hall–Kier alpha value is -1.04. The molecule has 0 aliphatic heterocycles. The molecule has 1 aromatic rings. The van der Waals surface area contributed by atoms with Crippen molar-refractivity contribution in [2.45, 2.75) is 5.03 Å². The van der Waals surface area contributed by atoms with Crippen LogP contribution in [0, 0.1) is 0 Å². The second kappa shape index (κ2) is 2.91. The number of nitrogens with two attached hydrogens (primary N) is 1. The van der Waals surface area contributed by atoms with Crippen LogP contribution in [0.5, 0.6) is 5.88 Å². The van der Waals surface area contributed by atoms with Gasteiger partial charge in [0.25, 0.3) is 5.88 Å². The summed E-state index contributed by atoms with van der Waals surface area (Å²) < 4.78 is 5.64. The van der Waals surface area contributed by atoms with Gasteiger partial charge in [0.15, 0.2) is 5.03 Å². The summed E-state index contributed by atoms with van der Waals surface area (Å²) in [6.45, 7) is 0. The molecule has 1 rings (SSSR count). The van der Waals surface area contributed by atoms with Crippen LogP contribution in [0.25, 0.3) is 0 Å². The Morgan fingerprint density at radius 3 is 2.73 bits per heavy atom. The molecule has 0 atom stereocenters. The van der Waals surface area contributed by atoms with Crippen molar-refractivity contribution < 1.29 is 9.94 Å². The van der Waals surface area contributed by atoms with Crippen LogP contribution in [0.3, 0.4) is 0 Å². The number of thioether (sulfide) groups is 1. The van der Waals surface area contributed by atoms with Crippen molar-refractivity contribution in [2.24, 2.45) is 0 Å². The smallest absolute Gasteiger partial charge is 0.251 e. The van der Waals surface area contributed by atoms with E-state index in [1.807, 2.05) is 0 Å². The van der Waals surface area contributed by atoms with Crippen molar-refractivity contribution in [3.63, 3.8) is 0 Å². The predicted molar refractivity (Wildman–Crippen MR) is 42.2 cm³/mol. The lowest BCUT2D eigenvalue weighted by atomic mass is 10.8. The van der Waals surface area contributed by atoms with E-state index in [9.17, 15) is 5.21 Å². The van der Waals surface area contributed by atoms with E-state index < -0.39 is 0 Å². The molecular weight excluding hydrogens is 166 g/mol. The van der Waals surface area contributed by atoms with Gasteiger partial charge >= 0.3 is 0 Å². The summed E-state index contributed by atoms with van der Waals surface area (Å²) in [5.74, 6) is 0.378. The Kier molecular flexibility index (Phi) is 2.13. The maximum Gasteiger partial charge on any atom is 0.251 e. The van der Waals surface area contributed by atoms with E-state index >= 15 is 0 Å². The van der Waals surface area contributed by atoms with Gasteiger partial charge in [-0.3, -0.25) is 0 Å². The number of aromatic nitrogens is 2. The van der Waals surface area contributed by atoms with Gasteiger partial charge in [0, 0.05) is 0 Å². The molecular formula is C5H9N3O2S. The van der Waals surface area contributed by atoms with E-state index in [1.54, 1.807) is 6.26 Å². The van der Waals surface area contributed by atoms with E-state index in [1.165, 1.54) is 18.9 Å². The van der Waals surface area contributed by atoms with E-state index in [-0.39, 0.29) is 5.95 Å². The Morgan fingerprint density at radius 1 is 1.73 bits per heavy atom. The third-order valence-electron chi connectivity index (χ3n) is 1.20. The molecule has 0 unspecified atom stereocenters. The van der Waals surface area contributed by atoms with Crippen LogP contribution in [0.4, 0.5) is 5.95 Å². The molecule has 6 heteroatoms. The van der Waals surface area contributed by atoms with Gasteiger partial charge in [-0.05, 0) is 6.26 Å². The Bertz CT molecular complexity index is 260. The molecule has 0 aromatic carbocycles. The third kappa shape index (κ3) is 1.21. The van der Waals surface area contributed by atoms with Crippen molar-refractivity contribution >= 4 is 17.7 Å². The first kappa shape index (κ1) is 8.06.